The molecule has 2 rings (SSSR count). The third kappa shape index (κ3) is 3.94. The lowest BCUT2D eigenvalue weighted by Gasteiger charge is -2.07. The molecule has 1 amide bonds. The van der Waals surface area contributed by atoms with Crippen LogP contribution < -0.4 is 16.6 Å². The number of carbonyl (C=O) groups is 1. The summed E-state index contributed by atoms with van der Waals surface area (Å²) in [5.74, 6) is -0.221. The number of hydrogen-bond acceptors (Lipinski definition) is 4. The van der Waals surface area contributed by atoms with Crippen molar-refractivity contribution in [2.24, 2.45) is 0 Å². The lowest BCUT2D eigenvalue weighted by atomic mass is 10.2. The summed E-state index contributed by atoms with van der Waals surface area (Å²) in [7, 11) is 0. The van der Waals surface area contributed by atoms with Gasteiger partial charge in [0, 0.05) is 36.9 Å². The van der Waals surface area contributed by atoms with E-state index in [9.17, 15) is 9.59 Å². The second-order valence-electron chi connectivity index (χ2n) is 4.39. The van der Waals surface area contributed by atoms with E-state index in [0.29, 0.717) is 18.7 Å². The van der Waals surface area contributed by atoms with Crippen molar-refractivity contribution in [3.8, 4) is 0 Å². The first kappa shape index (κ1) is 13.8. The van der Waals surface area contributed by atoms with Crippen molar-refractivity contribution in [2.45, 2.75) is 13.0 Å². The molecule has 0 saturated heterocycles. The summed E-state index contributed by atoms with van der Waals surface area (Å²) in [6, 6.07) is 6.66. The molecule has 104 valence electrons. The molecule has 0 bridgehead atoms. The Morgan fingerprint density at radius 2 is 2.20 bits per heavy atom. The number of pyridine rings is 2. The van der Waals surface area contributed by atoms with Gasteiger partial charge in [-0.3, -0.25) is 14.6 Å². The second-order valence-corrected chi connectivity index (χ2v) is 4.39. The maximum Gasteiger partial charge on any atom is 0.251 e. The van der Waals surface area contributed by atoms with E-state index < -0.39 is 0 Å². The van der Waals surface area contributed by atoms with E-state index in [0.717, 1.165) is 5.56 Å². The SMILES string of the molecule is Nc1ccc(=O)n(CC(=O)NCCc2cccnc2)c1. The van der Waals surface area contributed by atoms with Gasteiger partial charge in [0.15, 0.2) is 0 Å². The Bertz CT molecular complexity index is 637. The summed E-state index contributed by atoms with van der Waals surface area (Å²) in [6.07, 6.45) is 5.62. The van der Waals surface area contributed by atoms with Gasteiger partial charge in [-0.1, -0.05) is 6.07 Å². The summed E-state index contributed by atoms with van der Waals surface area (Å²) in [4.78, 5) is 27.3. The fourth-order valence-corrected chi connectivity index (χ4v) is 1.78. The molecule has 0 aliphatic heterocycles. The minimum atomic E-state index is -0.249. The van der Waals surface area contributed by atoms with Gasteiger partial charge < -0.3 is 15.6 Å². The van der Waals surface area contributed by atoms with Crippen molar-refractivity contribution < 1.29 is 4.79 Å². The van der Waals surface area contributed by atoms with Gasteiger partial charge >= 0.3 is 0 Å². The number of rotatable bonds is 5. The molecule has 0 atom stereocenters. The summed E-state index contributed by atoms with van der Waals surface area (Å²) in [5, 5.41) is 2.76. The molecule has 0 saturated carbocycles. The highest BCUT2D eigenvalue weighted by molar-refractivity contribution is 5.75. The Morgan fingerprint density at radius 3 is 2.95 bits per heavy atom. The molecule has 0 spiro atoms. The van der Waals surface area contributed by atoms with Crippen LogP contribution >= 0.6 is 0 Å². The number of nitrogen functional groups attached to an aromatic ring is 1. The molecule has 0 aliphatic carbocycles. The number of nitrogens with one attached hydrogen (secondary N) is 1. The summed E-state index contributed by atoms with van der Waals surface area (Å²) in [6.45, 7) is 0.471. The van der Waals surface area contributed by atoms with E-state index in [4.69, 9.17) is 5.73 Å². The van der Waals surface area contributed by atoms with Crippen molar-refractivity contribution in [1.29, 1.82) is 0 Å². The van der Waals surface area contributed by atoms with Crippen LogP contribution in [-0.4, -0.2) is 22.0 Å². The van der Waals surface area contributed by atoms with Crippen molar-refractivity contribution in [2.75, 3.05) is 12.3 Å². The molecule has 2 aromatic rings. The molecule has 3 N–H and O–H groups in total. The zero-order valence-corrected chi connectivity index (χ0v) is 11.0. The highest BCUT2D eigenvalue weighted by Gasteiger charge is 2.04. The smallest absolute Gasteiger partial charge is 0.251 e. The Balaban J connectivity index is 1.84. The Morgan fingerprint density at radius 1 is 1.35 bits per heavy atom. The predicted octanol–water partition coefficient (Wildman–Crippen LogP) is 0.184. The molecule has 0 aliphatic rings. The van der Waals surface area contributed by atoms with Crippen LogP contribution in [0, 0.1) is 0 Å². The number of aromatic nitrogens is 2. The van der Waals surface area contributed by atoms with Gasteiger partial charge in [0.05, 0.1) is 0 Å². The molecule has 20 heavy (non-hydrogen) atoms. The van der Waals surface area contributed by atoms with Gasteiger partial charge in [-0.25, -0.2) is 0 Å². The van der Waals surface area contributed by atoms with Gasteiger partial charge in [-0.05, 0) is 24.1 Å². The van der Waals surface area contributed by atoms with E-state index in [2.05, 4.69) is 10.3 Å². The van der Waals surface area contributed by atoms with E-state index in [1.165, 1.54) is 22.9 Å². The molecular weight excluding hydrogens is 256 g/mol. The molecule has 6 heteroatoms. The highest BCUT2D eigenvalue weighted by atomic mass is 16.2. The second kappa shape index (κ2) is 6.51. The molecule has 0 radical (unpaired) electrons. The molecule has 0 fully saturated rings. The average Bonchev–Trinajstić information content (AvgIpc) is 2.44. The molecule has 2 heterocycles. The number of hydrogen-bond donors (Lipinski definition) is 2. The van der Waals surface area contributed by atoms with Crippen molar-refractivity contribution in [3.63, 3.8) is 0 Å². The summed E-state index contributed by atoms with van der Waals surface area (Å²) >= 11 is 0. The minimum absolute atomic E-state index is 0.0308. The lowest BCUT2D eigenvalue weighted by Crippen LogP contribution is -2.33. The number of carbonyl (C=O) groups excluding carboxylic acids is 1. The zero-order chi connectivity index (χ0) is 14.4. The number of nitrogens with zero attached hydrogens (tertiary/aromatic N) is 2. The maximum absolute atomic E-state index is 11.7. The van der Waals surface area contributed by atoms with Crippen LogP contribution in [0.4, 0.5) is 5.69 Å². The molecule has 2 aromatic heterocycles. The van der Waals surface area contributed by atoms with Gasteiger partial charge in [0.2, 0.25) is 5.91 Å². The van der Waals surface area contributed by atoms with E-state index >= 15 is 0 Å². The van der Waals surface area contributed by atoms with Crippen LogP contribution in [-0.2, 0) is 17.8 Å². The fraction of sp³-hybridized carbons (Fsp3) is 0.214. The molecular formula is C14H16N4O2. The van der Waals surface area contributed by atoms with Crippen LogP contribution in [0.1, 0.15) is 5.56 Å². The average molecular weight is 272 g/mol. The Kier molecular flexibility index (Phi) is 4.49. The van der Waals surface area contributed by atoms with Crippen LogP contribution in [0.25, 0.3) is 0 Å². The van der Waals surface area contributed by atoms with Crippen molar-refractivity contribution in [1.82, 2.24) is 14.9 Å². The van der Waals surface area contributed by atoms with Gasteiger partial charge in [0.1, 0.15) is 6.54 Å². The first-order valence-corrected chi connectivity index (χ1v) is 6.27. The first-order chi connectivity index (χ1) is 9.65. The third-order valence-corrected chi connectivity index (χ3v) is 2.78. The number of amides is 1. The van der Waals surface area contributed by atoms with Crippen molar-refractivity contribution in [3.05, 3.63) is 58.8 Å². The minimum Gasteiger partial charge on any atom is -0.398 e. The monoisotopic (exact) mass is 272 g/mol. The van der Waals surface area contributed by atoms with Gasteiger partial charge in [-0.2, -0.15) is 0 Å². The third-order valence-electron chi connectivity index (χ3n) is 2.78. The quantitative estimate of drug-likeness (QED) is 0.812. The van der Waals surface area contributed by atoms with Crippen LogP contribution in [0.2, 0.25) is 0 Å². The zero-order valence-electron chi connectivity index (χ0n) is 11.0. The first-order valence-electron chi connectivity index (χ1n) is 6.27. The standard InChI is InChI=1S/C14H16N4O2/c15-12-3-4-14(20)18(9-12)10-13(19)17-7-5-11-2-1-6-16-8-11/h1-4,6,8-9H,5,7,10,15H2,(H,17,19). The fourth-order valence-electron chi connectivity index (χ4n) is 1.78. The summed E-state index contributed by atoms with van der Waals surface area (Å²) < 4.78 is 1.29. The van der Waals surface area contributed by atoms with Crippen LogP contribution in [0.3, 0.4) is 0 Å². The van der Waals surface area contributed by atoms with Crippen LogP contribution in [0.5, 0.6) is 0 Å². The topological polar surface area (TPSA) is 90.0 Å². The van der Waals surface area contributed by atoms with Crippen molar-refractivity contribution >= 4 is 11.6 Å². The number of nitrogens with two attached hydrogens (primary N) is 1. The lowest BCUT2D eigenvalue weighted by molar-refractivity contribution is -0.121. The van der Waals surface area contributed by atoms with E-state index in [-0.39, 0.29) is 18.0 Å². The normalized spacial score (nSPS) is 10.2. The predicted molar refractivity (Wildman–Crippen MR) is 76.1 cm³/mol. The Labute approximate surface area is 116 Å². The highest BCUT2D eigenvalue weighted by Crippen LogP contribution is 1.97. The number of anilines is 1. The molecule has 0 aromatic carbocycles. The van der Waals surface area contributed by atoms with Gasteiger partial charge in [0.25, 0.3) is 5.56 Å². The van der Waals surface area contributed by atoms with E-state index in [1.54, 1.807) is 12.4 Å². The summed E-state index contributed by atoms with van der Waals surface area (Å²) in [5.41, 5.74) is 6.83. The largest absolute Gasteiger partial charge is 0.398 e. The Hall–Kier alpha value is -2.63. The maximum atomic E-state index is 11.7. The molecule has 6 nitrogen and oxygen atoms in total. The van der Waals surface area contributed by atoms with E-state index in [1.807, 2.05) is 12.1 Å². The van der Waals surface area contributed by atoms with Gasteiger partial charge in [-0.15, -0.1) is 0 Å². The molecule has 0 unspecified atom stereocenters. The van der Waals surface area contributed by atoms with Crippen LogP contribution in [0.15, 0.2) is 47.7 Å².